The molecule has 0 fully saturated rings. The maximum atomic E-state index is 12.9. The lowest BCUT2D eigenvalue weighted by Gasteiger charge is -2.27. The van der Waals surface area contributed by atoms with E-state index in [1.165, 1.54) is 18.9 Å². The summed E-state index contributed by atoms with van der Waals surface area (Å²) in [5, 5.41) is 11.5. The predicted molar refractivity (Wildman–Crippen MR) is 152 cm³/mol. The Hall–Kier alpha value is -4.01. The van der Waals surface area contributed by atoms with Crippen molar-refractivity contribution in [2.24, 2.45) is 4.99 Å². The number of aryl methyl sites for hydroxylation is 1. The maximum Gasteiger partial charge on any atom is 0.283 e. The van der Waals surface area contributed by atoms with E-state index in [9.17, 15) is 4.79 Å². The molecule has 0 bridgehead atoms. The largest absolute Gasteiger partial charge is 0.493 e. The summed E-state index contributed by atoms with van der Waals surface area (Å²) >= 11 is 7.87. The van der Waals surface area contributed by atoms with Crippen LogP contribution >= 0.6 is 23.4 Å². The molecule has 0 spiro atoms. The number of hydrogen-bond donors (Lipinski definition) is 1. The predicted octanol–water partition coefficient (Wildman–Crippen LogP) is 6.42. The first kappa shape index (κ1) is 25.6. The molecule has 7 nitrogen and oxygen atoms in total. The van der Waals surface area contributed by atoms with Gasteiger partial charge < -0.3 is 14.2 Å². The molecule has 1 amide bonds. The minimum absolute atomic E-state index is 0.0453. The smallest absolute Gasteiger partial charge is 0.283 e. The van der Waals surface area contributed by atoms with Crippen LogP contribution in [0.4, 0.5) is 0 Å². The first-order chi connectivity index (χ1) is 18.5. The zero-order valence-electron chi connectivity index (χ0n) is 20.7. The van der Waals surface area contributed by atoms with E-state index < -0.39 is 5.91 Å². The number of aliphatic imine (C=N–C) groups is 1. The highest BCUT2D eigenvalue weighted by atomic mass is 35.5. The van der Waals surface area contributed by atoms with Crippen molar-refractivity contribution in [2.75, 3.05) is 20.3 Å². The highest BCUT2D eigenvalue weighted by Crippen LogP contribution is 2.39. The summed E-state index contributed by atoms with van der Waals surface area (Å²) in [6, 6.07) is 20.8. The van der Waals surface area contributed by atoms with E-state index in [-0.39, 0.29) is 18.0 Å². The van der Waals surface area contributed by atoms with Crippen LogP contribution in [0, 0.1) is 12.3 Å². The Morgan fingerprint density at radius 1 is 1.03 bits per heavy atom. The fraction of sp³-hybridized carbons (Fsp3) is 0.138. The summed E-state index contributed by atoms with van der Waals surface area (Å²) in [6.45, 7) is 2.56. The van der Waals surface area contributed by atoms with E-state index in [1.807, 2.05) is 66.9 Å². The maximum absolute atomic E-state index is 12.9. The van der Waals surface area contributed by atoms with Gasteiger partial charge in [0.1, 0.15) is 24.8 Å². The van der Waals surface area contributed by atoms with E-state index in [0.717, 1.165) is 22.6 Å². The highest BCUT2D eigenvalue weighted by molar-refractivity contribution is 8.17. The molecule has 2 heterocycles. The molecular weight excluding hydrogens is 522 g/mol. The summed E-state index contributed by atoms with van der Waals surface area (Å²) in [4.78, 5) is 18.7. The molecule has 38 heavy (non-hydrogen) atoms. The number of carbonyl (C=O) groups excluding carboxylic acids is 1. The summed E-state index contributed by atoms with van der Waals surface area (Å²) in [7, 11) is 1.52. The Morgan fingerprint density at radius 3 is 2.53 bits per heavy atom. The molecular formula is C29H24ClN3O4S. The average Bonchev–Trinajstić information content (AvgIpc) is 3.35. The third-order valence-corrected chi connectivity index (χ3v) is 7.03. The van der Waals surface area contributed by atoms with Crippen LogP contribution in [0.1, 0.15) is 16.7 Å². The van der Waals surface area contributed by atoms with Gasteiger partial charge in [-0.05, 0) is 47.9 Å². The van der Waals surface area contributed by atoms with Gasteiger partial charge >= 0.3 is 0 Å². The van der Waals surface area contributed by atoms with Crippen molar-refractivity contribution >= 4 is 52.0 Å². The first-order valence-electron chi connectivity index (χ1n) is 11.8. The average molecular weight is 546 g/mol. The van der Waals surface area contributed by atoms with Crippen LogP contribution in [0.5, 0.6) is 17.2 Å². The summed E-state index contributed by atoms with van der Waals surface area (Å²) in [6.07, 6.45) is 1.59. The molecule has 5 rings (SSSR count). The molecule has 192 valence electrons. The van der Waals surface area contributed by atoms with Crippen LogP contribution in [0.15, 0.2) is 82.7 Å². The molecule has 0 aliphatic carbocycles. The lowest BCUT2D eigenvalue weighted by Crippen LogP contribution is -2.38. The number of ether oxygens (including phenoxy) is 3. The van der Waals surface area contributed by atoms with Gasteiger partial charge in [0.2, 0.25) is 0 Å². The van der Waals surface area contributed by atoms with Gasteiger partial charge in [0.05, 0.1) is 23.4 Å². The molecule has 2 aliphatic heterocycles. The summed E-state index contributed by atoms with van der Waals surface area (Å²) < 4.78 is 17.2. The second-order valence-corrected chi connectivity index (χ2v) is 9.67. The topological polar surface area (TPSA) is 84.2 Å². The number of hydrogen-bond acceptors (Lipinski definition) is 6. The number of benzene rings is 3. The van der Waals surface area contributed by atoms with Gasteiger partial charge in [-0.15, -0.1) is 0 Å². The normalized spacial score (nSPS) is 15.8. The molecule has 3 aromatic rings. The van der Waals surface area contributed by atoms with Crippen molar-refractivity contribution < 1.29 is 19.0 Å². The third-order valence-electron chi connectivity index (χ3n) is 5.93. The number of amides is 1. The third kappa shape index (κ3) is 5.18. The molecule has 2 aliphatic rings. The van der Waals surface area contributed by atoms with Crippen molar-refractivity contribution in [2.45, 2.75) is 6.92 Å². The van der Waals surface area contributed by atoms with Crippen molar-refractivity contribution in [1.82, 2.24) is 4.90 Å². The van der Waals surface area contributed by atoms with E-state index >= 15 is 0 Å². The van der Waals surface area contributed by atoms with E-state index in [4.69, 9.17) is 31.2 Å². The fourth-order valence-corrected chi connectivity index (χ4v) is 5.22. The number of methoxy groups -OCH3 is 1. The number of rotatable bonds is 8. The Balaban J connectivity index is 1.35. The monoisotopic (exact) mass is 545 g/mol. The van der Waals surface area contributed by atoms with Crippen molar-refractivity contribution in [3.05, 3.63) is 99.4 Å². The number of halogens is 1. The van der Waals surface area contributed by atoms with E-state index in [0.29, 0.717) is 33.9 Å². The number of nitrogens with one attached hydrogen (secondary N) is 1. The van der Waals surface area contributed by atoms with Gasteiger partial charge in [0.25, 0.3) is 5.91 Å². The number of carbonyl (C=O) groups is 1. The second-order valence-electron chi connectivity index (χ2n) is 8.43. The number of amidine groups is 2. The second kappa shape index (κ2) is 11.2. The first-order valence-corrected chi connectivity index (χ1v) is 13.1. The van der Waals surface area contributed by atoms with E-state index in [2.05, 4.69) is 4.99 Å². The van der Waals surface area contributed by atoms with Crippen LogP contribution < -0.4 is 14.2 Å². The lowest BCUT2D eigenvalue weighted by atomic mass is 10.1. The minimum Gasteiger partial charge on any atom is -0.493 e. The van der Waals surface area contributed by atoms with Crippen molar-refractivity contribution in [3.8, 4) is 17.2 Å². The number of nitrogens with zero attached hydrogens (tertiary/aromatic N) is 2. The lowest BCUT2D eigenvalue weighted by molar-refractivity contribution is -0.114. The molecule has 0 saturated heterocycles. The summed E-state index contributed by atoms with van der Waals surface area (Å²) in [5.41, 5.74) is 3.50. The van der Waals surface area contributed by atoms with Crippen LogP contribution in [-0.2, 0) is 4.79 Å². The quantitative estimate of drug-likeness (QED) is 0.260. The zero-order chi connectivity index (χ0) is 26.6. The van der Waals surface area contributed by atoms with E-state index in [1.54, 1.807) is 23.1 Å². The van der Waals surface area contributed by atoms with Crippen LogP contribution in [0.3, 0.4) is 0 Å². The van der Waals surface area contributed by atoms with Gasteiger partial charge in [-0.1, -0.05) is 71.9 Å². The molecule has 3 aromatic carbocycles. The van der Waals surface area contributed by atoms with Gasteiger partial charge in [-0.25, -0.2) is 0 Å². The number of fused-ring (bicyclic) bond motifs is 1. The van der Waals surface area contributed by atoms with Crippen LogP contribution in [0.25, 0.3) is 11.8 Å². The molecule has 0 atom stereocenters. The van der Waals surface area contributed by atoms with Crippen LogP contribution in [-0.4, -0.2) is 42.1 Å². The zero-order valence-corrected chi connectivity index (χ0v) is 22.3. The Labute approximate surface area is 229 Å². The molecule has 0 radical (unpaired) electrons. The van der Waals surface area contributed by atoms with Crippen molar-refractivity contribution in [3.63, 3.8) is 0 Å². The number of para-hydroxylation sites is 1. The standard InChI is InChI=1S/C29H24ClN3O4S/c1-18-8-6-7-11-24(18)36-12-13-37-26-22(30)15-19(16-25(26)35-2)14-21-27(31)33-23(20-9-4-3-5-10-20)17-38-29(33)32-28(21)34/h3-11,14-17,31H,12-13H2,1-2H3. The fourth-order valence-electron chi connectivity index (χ4n) is 4.06. The van der Waals surface area contributed by atoms with Crippen molar-refractivity contribution in [1.29, 1.82) is 5.41 Å². The van der Waals surface area contributed by atoms with Gasteiger partial charge in [-0.2, -0.15) is 4.99 Å². The Kier molecular flexibility index (Phi) is 7.53. The number of thioether (sulfide) groups is 1. The molecule has 0 unspecified atom stereocenters. The molecule has 1 N–H and O–H groups in total. The van der Waals surface area contributed by atoms with Gasteiger partial charge in [0.15, 0.2) is 16.7 Å². The van der Waals surface area contributed by atoms with Crippen LogP contribution in [0.2, 0.25) is 5.02 Å². The Morgan fingerprint density at radius 2 is 1.76 bits per heavy atom. The SMILES string of the molecule is COc1cc(C=C2C(=N)N3C(c4ccccc4)=CSC3=NC2=O)cc(Cl)c1OCCOc1ccccc1C. The van der Waals surface area contributed by atoms with Gasteiger partial charge in [-0.3, -0.25) is 15.1 Å². The molecule has 0 aromatic heterocycles. The Bertz CT molecular complexity index is 1500. The molecule has 0 saturated carbocycles. The highest BCUT2D eigenvalue weighted by Gasteiger charge is 2.36. The molecule has 9 heteroatoms. The van der Waals surface area contributed by atoms with Gasteiger partial charge in [0, 0.05) is 5.41 Å². The minimum atomic E-state index is -0.486. The summed E-state index contributed by atoms with van der Waals surface area (Å²) in [5.74, 6) is 1.13.